The second kappa shape index (κ2) is 9.42. The number of amides is 2. The maximum atomic E-state index is 11.3. The summed E-state index contributed by atoms with van der Waals surface area (Å²) in [5.41, 5.74) is 0. The Labute approximate surface area is 97.9 Å². The molecule has 5 nitrogen and oxygen atoms in total. The molecule has 0 bridgehead atoms. The molecule has 0 saturated carbocycles. The van der Waals surface area contributed by atoms with Crippen molar-refractivity contribution < 1.29 is 14.3 Å². The highest BCUT2D eigenvalue weighted by Crippen LogP contribution is 1.93. The van der Waals surface area contributed by atoms with Crippen LogP contribution in [-0.2, 0) is 9.47 Å². The van der Waals surface area contributed by atoms with Gasteiger partial charge < -0.3 is 20.1 Å². The van der Waals surface area contributed by atoms with Gasteiger partial charge in [0, 0.05) is 19.8 Å². The van der Waals surface area contributed by atoms with Gasteiger partial charge in [-0.2, -0.15) is 0 Å². The molecule has 0 unspecified atom stereocenters. The molecule has 0 fully saturated rings. The topological polar surface area (TPSA) is 59.6 Å². The fraction of sp³-hybridized carbons (Fsp3) is 0.909. The molecule has 0 heterocycles. The highest BCUT2D eigenvalue weighted by molar-refractivity contribution is 5.73. The molecular weight excluding hydrogens is 208 g/mol. The van der Waals surface area contributed by atoms with Crippen molar-refractivity contribution in [3.8, 4) is 0 Å². The number of carbonyl (C=O) groups is 1. The van der Waals surface area contributed by atoms with E-state index in [0.717, 1.165) is 0 Å². The minimum Gasteiger partial charge on any atom is -0.351 e. The first-order valence-electron chi connectivity index (χ1n) is 5.85. The number of rotatable bonds is 8. The van der Waals surface area contributed by atoms with Crippen LogP contribution in [0.4, 0.5) is 4.79 Å². The van der Waals surface area contributed by atoms with Crippen molar-refractivity contribution in [1.29, 1.82) is 0 Å². The first kappa shape index (κ1) is 15.2. The van der Waals surface area contributed by atoms with Gasteiger partial charge in [0.2, 0.25) is 0 Å². The van der Waals surface area contributed by atoms with E-state index in [0.29, 0.717) is 32.2 Å². The Morgan fingerprint density at radius 2 is 1.56 bits per heavy atom. The Balaban J connectivity index is 3.68. The molecule has 0 aliphatic heterocycles. The zero-order chi connectivity index (χ0) is 12.4. The van der Waals surface area contributed by atoms with Gasteiger partial charge in [-0.25, -0.2) is 4.79 Å². The van der Waals surface area contributed by atoms with Gasteiger partial charge in [-0.1, -0.05) is 13.8 Å². The molecule has 2 N–H and O–H groups in total. The monoisotopic (exact) mass is 232 g/mol. The van der Waals surface area contributed by atoms with Crippen LogP contribution in [0.25, 0.3) is 0 Å². The molecule has 0 spiro atoms. The molecule has 0 aromatic rings. The number of ether oxygens (including phenoxy) is 2. The van der Waals surface area contributed by atoms with Crippen LogP contribution in [0, 0.1) is 5.92 Å². The molecule has 0 aromatic heterocycles. The van der Waals surface area contributed by atoms with Gasteiger partial charge in [0.05, 0.1) is 6.54 Å². The maximum absolute atomic E-state index is 11.3. The van der Waals surface area contributed by atoms with E-state index in [1.165, 1.54) is 0 Å². The van der Waals surface area contributed by atoms with Gasteiger partial charge in [0.25, 0.3) is 0 Å². The van der Waals surface area contributed by atoms with Crippen LogP contribution < -0.4 is 10.6 Å². The van der Waals surface area contributed by atoms with Crippen LogP contribution in [0.1, 0.15) is 27.7 Å². The summed E-state index contributed by atoms with van der Waals surface area (Å²) < 4.78 is 10.6. The predicted molar refractivity (Wildman–Crippen MR) is 63.3 cm³/mol. The van der Waals surface area contributed by atoms with E-state index in [1.54, 1.807) is 0 Å². The lowest BCUT2D eigenvalue weighted by molar-refractivity contribution is -0.131. The Kier molecular flexibility index (Phi) is 8.94. The molecule has 0 aromatic carbocycles. The fourth-order valence-corrected chi connectivity index (χ4v) is 1.07. The molecule has 16 heavy (non-hydrogen) atoms. The van der Waals surface area contributed by atoms with Crippen LogP contribution in [0.3, 0.4) is 0 Å². The van der Waals surface area contributed by atoms with Crippen LogP contribution in [0.5, 0.6) is 0 Å². The molecule has 0 saturated heterocycles. The number of hydrogen-bond donors (Lipinski definition) is 2. The normalized spacial score (nSPS) is 10.9. The summed E-state index contributed by atoms with van der Waals surface area (Å²) in [7, 11) is 0. The molecule has 0 atom stereocenters. The van der Waals surface area contributed by atoms with E-state index in [2.05, 4.69) is 10.6 Å². The van der Waals surface area contributed by atoms with Crippen molar-refractivity contribution in [3.05, 3.63) is 0 Å². The van der Waals surface area contributed by atoms with Crippen LogP contribution in [0.15, 0.2) is 0 Å². The zero-order valence-electron chi connectivity index (χ0n) is 10.7. The van der Waals surface area contributed by atoms with Crippen molar-refractivity contribution in [1.82, 2.24) is 10.6 Å². The number of urea groups is 1. The minimum atomic E-state index is -0.361. The average molecular weight is 232 g/mol. The molecule has 0 aliphatic carbocycles. The first-order valence-corrected chi connectivity index (χ1v) is 5.85. The third-order valence-electron chi connectivity index (χ3n) is 1.81. The lowest BCUT2D eigenvalue weighted by atomic mass is 10.2. The molecular formula is C11H24N2O3. The molecule has 0 rings (SSSR count). The number of carbonyl (C=O) groups excluding carboxylic acids is 1. The van der Waals surface area contributed by atoms with Crippen LogP contribution in [-0.4, -0.2) is 38.6 Å². The van der Waals surface area contributed by atoms with Crippen molar-refractivity contribution in [3.63, 3.8) is 0 Å². The smallest absolute Gasteiger partial charge is 0.314 e. The van der Waals surface area contributed by atoms with E-state index in [9.17, 15) is 4.79 Å². The van der Waals surface area contributed by atoms with Crippen LogP contribution >= 0.6 is 0 Å². The SMILES string of the molecule is CCOC(CNC(=O)NCC(C)C)OCC. The van der Waals surface area contributed by atoms with Gasteiger partial charge in [0.1, 0.15) is 0 Å². The Hall–Kier alpha value is -0.810. The number of nitrogens with one attached hydrogen (secondary N) is 2. The lowest BCUT2D eigenvalue weighted by Gasteiger charge is -2.17. The van der Waals surface area contributed by atoms with E-state index >= 15 is 0 Å². The van der Waals surface area contributed by atoms with Gasteiger partial charge >= 0.3 is 6.03 Å². The Bertz CT molecular complexity index is 180. The summed E-state index contributed by atoms with van der Waals surface area (Å²) in [6.45, 7) is 10.0. The molecule has 0 radical (unpaired) electrons. The largest absolute Gasteiger partial charge is 0.351 e. The van der Waals surface area contributed by atoms with Gasteiger partial charge in [-0.15, -0.1) is 0 Å². The van der Waals surface area contributed by atoms with E-state index in [-0.39, 0.29) is 12.3 Å². The molecule has 5 heteroatoms. The average Bonchev–Trinajstić information content (AvgIpc) is 2.23. The van der Waals surface area contributed by atoms with Crippen molar-refractivity contribution in [2.75, 3.05) is 26.3 Å². The number of hydrogen-bond acceptors (Lipinski definition) is 3. The van der Waals surface area contributed by atoms with E-state index < -0.39 is 0 Å². The second-order valence-electron chi connectivity index (χ2n) is 3.83. The van der Waals surface area contributed by atoms with Crippen molar-refractivity contribution >= 4 is 6.03 Å². The van der Waals surface area contributed by atoms with Crippen LogP contribution in [0.2, 0.25) is 0 Å². The first-order chi connectivity index (χ1) is 7.60. The summed E-state index contributed by atoms with van der Waals surface area (Å²) >= 11 is 0. The Morgan fingerprint density at radius 1 is 1.06 bits per heavy atom. The summed E-state index contributed by atoms with van der Waals surface area (Å²) in [5, 5.41) is 5.47. The summed E-state index contributed by atoms with van der Waals surface area (Å²) in [6, 6.07) is -0.182. The third-order valence-corrected chi connectivity index (χ3v) is 1.81. The third kappa shape index (κ3) is 8.49. The predicted octanol–water partition coefficient (Wildman–Crippen LogP) is 1.34. The molecule has 0 aliphatic rings. The highest BCUT2D eigenvalue weighted by Gasteiger charge is 2.09. The summed E-state index contributed by atoms with van der Waals surface area (Å²) in [6.07, 6.45) is -0.361. The van der Waals surface area contributed by atoms with Crippen molar-refractivity contribution in [2.24, 2.45) is 5.92 Å². The van der Waals surface area contributed by atoms with Gasteiger partial charge in [0.15, 0.2) is 6.29 Å². The fourth-order valence-electron chi connectivity index (χ4n) is 1.07. The standard InChI is InChI=1S/C11H24N2O3/c1-5-15-10(16-6-2)8-13-11(14)12-7-9(3)4/h9-10H,5-8H2,1-4H3,(H2,12,13,14). The summed E-state index contributed by atoms with van der Waals surface area (Å²) in [5.74, 6) is 0.445. The van der Waals surface area contributed by atoms with E-state index in [1.807, 2.05) is 27.7 Å². The van der Waals surface area contributed by atoms with E-state index in [4.69, 9.17) is 9.47 Å². The van der Waals surface area contributed by atoms with Gasteiger partial charge in [-0.3, -0.25) is 0 Å². The zero-order valence-corrected chi connectivity index (χ0v) is 10.7. The lowest BCUT2D eigenvalue weighted by Crippen LogP contribution is -2.42. The molecule has 2 amide bonds. The minimum absolute atomic E-state index is 0.182. The highest BCUT2D eigenvalue weighted by atomic mass is 16.7. The quantitative estimate of drug-likeness (QED) is 0.621. The van der Waals surface area contributed by atoms with Gasteiger partial charge in [-0.05, 0) is 19.8 Å². The summed E-state index contributed by atoms with van der Waals surface area (Å²) in [4.78, 5) is 11.3. The second-order valence-corrected chi connectivity index (χ2v) is 3.83. The Morgan fingerprint density at radius 3 is 2.00 bits per heavy atom. The maximum Gasteiger partial charge on any atom is 0.314 e. The molecule has 96 valence electrons. The van der Waals surface area contributed by atoms with Crippen molar-refractivity contribution in [2.45, 2.75) is 34.0 Å².